The van der Waals surface area contributed by atoms with Crippen molar-refractivity contribution in [1.82, 2.24) is 14.7 Å². The fraction of sp³-hybridized carbons (Fsp3) is 0.778. The largest absolute Gasteiger partial charge is 0.314 e. The number of nitrogens with zero attached hydrogens (tertiary/aromatic N) is 2. The summed E-state index contributed by atoms with van der Waals surface area (Å²) in [6, 6.07) is 0.607. The summed E-state index contributed by atoms with van der Waals surface area (Å²) in [6.07, 6.45) is 4.00. The van der Waals surface area contributed by atoms with Crippen molar-refractivity contribution in [3.63, 3.8) is 0 Å². The quantitative estimate of drug-likeness (QED) is 0.731. The summed E-state index contributed by atoms with van der Waals surface area (Å²) in [5.41, 5.74) is 0. The van der Waals surface area contributed by atoms with Gasteiger partial charge in [-0.1, -0.05) is 18.7 Å². The van der Waals surface area contributed by atoms with E-state index in [0.717, 1.165) is 16.6 Å². The van der Waals surface area contributed by atoms with Gasteiger partial charge in [0.25, 0.3) is 0 Å². The van der Waals surface area contributed by atoms with E-state index in [1.54, 1.807) is 18.1 Å². The van der Waals surface area contributed by atoms with Crippen molar-refractivity contribution in [2.45, 2.75) is 37.1 Å². The Kier molecular flexibility index (Phi) is 6.14. The molecule has 0 saturated carbocycles. The lowest BCUT2D eigenvalue weighted by molar-refractivity contribution is 0.536. The second-order valence-electron chi connectivity index (χ2n) is 3.20. The number of hydrogen-bond donors (Lipinski definition) is 1. The van der Waals surface area contributed by atoms with E-state index >= 15 is 0 Å². The van der Waals surface area contributed by atoms with Gasteiger partial charge in [-0.2, -0.15) is 4.37 Å². The highest BCUT2D eigenvalue weighted by Gasteiger charge is 2.02. The van der Waals surface area contributed by atoms with E-state index in [9.17, 15) is 0 Å². The summed E-state index contributed by atoms with van der Waals surface area (Å²) in [6.45, 7) is 5.54. The van der Waals surface area contributed by atoms with E-state index in [1.165, 1.54) is 24.4 Å². The molecule has 0 aliphatic heterocycles. The highest BCUT2D eigenvalue weighted by Crippen LogP contribution is 2.19. The Labute approximate surface area is 93.9 Å². The SMILES string of the molecule is CCCNC(C)CCSc1ncns1. The second kappa shape index (κ2) is 7.20. The van der Waals surface area contributed by atoms with E-state index in [-0.39, 0.29) is 0 Å². The lowest BCUT2D eigenvalue weighted by atomic mass is 10.2. The molecule has 1 aromatic rings. The lowest BCUT2D eigenvalue weighted by Gasteiger charge is -2.11. The van der Waals surface area contributed by atoms with Crippen LogP contribution in [0.4, 0.5) is 0 Å². The zero-order chi connectivity index (χ0) is 10.2. The van der Waals surface area contributed by atoms with Gasteiger partial charge in [0.15, 0.2) is 4.34 Å². The summed E-state index contributed by atoms with van der Waals surface area (Å²) in [5.74, 6) is 1.12. The Morgan fingerprint density at radius 1 is 1.64 bits per heavy atom. The maximum atomic E-state index is 4.13. The molecular weight excluding hydrogens is 214 g/mol. The number of nitrogens with one attached hydrogen (secondary N) is 1. The van der Waals surface area contributed by atoms with Crippen LogP contribution in [0.3, 0.4) is 0 Å². The maximum absolute atomic E-state index is 4.13. The predicted octanol–water partition coefficient (Wildman–Crippen LogP) is 2.41. The standard InChI is InChI=1S/C9H17N3S2/c1-3-5-10-8(2)4-6-13-9-11-7-12-14-9/h7-8,10H,3-6H2,1-2H3. The zero-order valence-electron chi connectivity index (χ0n) is 8.69. The first kappa shape index (κ1) is 11.9. The first-order valence-electron chi connectivity index (χ1n) is 4.95. The summed E-state index contributed by atoms with van der Waals surface area (Å²) in [4.78, 5) is 4.13. The van der Waals surface area contributed by atoms with Crippen LogP contribution < -0.4 is 5.32 Å². The molecule has 1 unspecified atom stereocenters. The summed E-state index contributed by atoms with van der Waals surface area (Å²) >= 11 is 3.27. The highest BCUT2D eigenvalue weighted by atomic mass is 32.2. The highest BCUT2D eigenvalue weighted by molar-refractivity contribution is 8.00. The molecule has 1 heterocycles. The van der Waals surface area contributed by atoms with Gasteiger partial charge in [0.1, 0.15) is 6.33 Å². The van der Waals surface area contributed by atoms with Crippen LogP contribution in [0.1, 0.15) is 26.7 Å². The van der Waals surface area contributed by atoms with Crippen LogP contribution in [-0.2, 0) is 0 Å². The molecule has 0 saturated heterocycles. The second-order valence-corrected chi connectivity index (χ2v) is 5.32. The van der Waals surface area contributed by atoms with Gasteiger partial charge in [0.05, 0.1) is 0 Å². The van der Waals surface area contributed by atoms with Crippen molar-refractivity contribution in [3.05, 3.63) is 6.33 Å². The first-order valence-corrected chi connectivity index (χ1v) is 6.71. The normalized spacial score (nSPS) is 13.0. The molecule has 5 heteroatoms. The van der Waals surface area contributed by atoms with Crippen molar-refractivity contribution in [2.24, 2.45) is 0 Å². The van der Waals surface area contributed by atoms with Crippen LogP contribution in [0, 0.1) is 0 Å². The number of rotatable bonds is 7. The smallest absolute Gasteiger partial charge is 0.169 e. The zero-order valence-corrected chi connectivity index (χ0v) is 10.3. The van der Waals surface area contributed by atoms with Crippen molar-refractivity contribution in [3.8, 4) is 0 Å². The van der Waals surface area contributed by atoms with Gasteiger partial charge in [-0.25, -0.2) is 4.98 Å². The van der Waals surface area contributed by atoms with E-state index in [1.807, 2.05) is 0 Å². The Bertz CT molecular complexity index is 226. The van der Waals surface area contributed by atoms with Crippen LogP contribution >= 0.6 is 23.3 Å². The van der Waals surface area contributed by atoms with Crippen molar-refractivity contribution in [1.29, 1.82) is 0 Å². The lowest BCUT2D eigenvalue weighted by Crippen LogP contribution is -2.27. The van der Waals surface area contributed by atoms with Gasteiger partial charge in [0, 0.05) is 11.8 Å². The third kappa shape index (κ3) is 4.93. The molecule has 1 rings (SSSR count). The summed E-state index contributed by atoms with van der Waals surface area (Å²) in [7, 11) is 0. The minimum atomic E-state index is 0.607. The molecule has 0 aliphatic carbocycles. The Balaban J connectivity index is 2.03. The van der Waals surface area contributed by atoms with Crippen LogP contribution in [0.25, 0.3) is 0 Å². The topological polar surface area (TPSA) is 37.8 Å². The molecule has 0 radical (unpaired) electrons. The molecule has 14 heavy (non-hydrogen) atoms. The van der Waals surface area contributed by atoms with Gasteiger partial charge >= 0.3 is 0 Å². The van der Waals surface area contributed by atoms with E-state index in [0.29, 0.717) is 6.04 Å². The molecule has 0 amide bonds. The maximum Gasteiger partial charge on any atom is 0.169 e. The van der Waals surface area contributed by atoms with Gasteiger partial charge < -0.3 is 5.32 Å². The number of thioether (sulfide) groups is 1. The van der Waals surface area contributed by atoms with E-state index in [4.69, 9.17) is 0 Å². The Hall–Kier alpha value is -0.130. The number of aromatic nitrogens is 2. The minimum absolute atomic E-state index is 0.607. The third-order valence-corrected chi connectivity index (χ3v) is 3.69. The molecule has 0 aromatic carbocycles. The molecular formula is C9H17N3S2. The molecule has 1 atom stereocenters. The van der Waals surface area contributed by atoms with Gasteiger partial charge in [0.2, 0.25) is 0 Å². The van der Waals surface area contributed by atoms with Crippen LogP contribution in [-0.4, -0.2) is 27.7 Å². The number of hydrogen-bond acceptors (Lipinski definition) is 5. The molecule has 1 N–H and O–H groups in total. The van der Waals surface area contributed by atoms with E-state index < -0.39 is 0 Å². The van der Waals surface area contributed by atoms with Crippen molar-refractivity contribution < 1.29 is 0 Å². The van der Waals surface area contributed by atoms with Crippen molar-refractivity contribution in [2.75, 3.05) is 12.3 Å². The average Bonchev–Trinajstić information content (AvgIpc) is 2.67. The molecule has 0 fully saturated rings. The molecule has 0 bridgehead atoms. The Morgan fingerprint density at radius 3 is 3.14 bits per heavy atom. The van der Waals surface area contributed by atoms with Crippen molar-refractivity contribution >= 4 is 23.3 Å². The molecule has 0 spiro atoms. The summed E-state index contributed by atoms with van der Waals surface area (Å²) in [5, 5.41) is 3.47. The van der Waals surface area contributed by atoms with Crippen LogP contribution in [0.5, 0.6) is 0 Å². The molecule has 0 aliphatic rings. The fourth-order valence-corrected chi connectivity index (χ4v) is 2.68. The molecule has 80 valence electrons. The summed E-state index contributed by atoms with van der Waals surface area (Å²) < 4.78 is 5.04. The minimum Gasteiger partial charge on any atom is -0.314 e. The predicted molar refractivity (Wildman–Crippen MR) is 63.0 cm³/mol. The van der Waals surface area contributed by atoms with Gasteiger partial charge in [-0.05, 0) is 37.8 Å². The van der Waals surface area contributed by atoms with Gasteiger partial charge in [-0.3, -0.25) is 0 Å². The Morgan fingerprint density at radius 2 is 2.50 bits per heavy atom. The van der Waals surface area contributed by atoms with E-state index in [2.05, 4.69) is 28.5 Å². The molecule has 1 aromatic heterocycles. The average molecular weight is 231 g/mol. The first-order chi connectivity index (χ1) is 6.83. The van der Waals surface area contributed by atoms with Crippen LogP contribution in [0.2, 0.25) is 0 Å². The monoisotopic (exact) mass is 231 g/mol. The molecule has 3 nitrogen and oxygen atoms in total. The van der Waals surface area contributed by atoms with Gasteiger partial charge in [-0.15, -0.1) is 0 Å². The fourth-order valence-electron chi connectivity index (χ4n) is 1.04. The van der Waals surface area contributed by atoms with Crippen LogP contribution in [0.15, 0.2) is 10.7 Å². The third-order valence-electron chi connectivity index (χ3n) is 1.86.